The Labute approximate surface area is 200 Å². The minimum absolute atomic E-state index is 0.0825. The molecule has 0 radical (unpaired) electrons. The Morgan fingerprint density at radius 3 is 2.27 bits per heavy atom. The molecule has 7 heteroatoms. The SMILES string of the molecule is CCOC(=O)CC(CCSCCNC(=O)CC(C)NC(=O)c1ccccc1)c1ccccc1. The number of amides is 2. The third-order valence-electron chi connectivity index (χ3n) is 5.07. The first-order valence-electron chi connectivity index (χ1n) is 11.4. The lowest BCUT2D eigenvalue weighted by Gasteiger charge is -2.17. The molecule has 0 heterocycles. The van der Waals surface area contributed by atoms with Crippen molar-refractivity contribution in [2.75, 3.05) is 24.7 Å². The first kappa shape index (κ1) is 26.5. The number of thioether (sulfide) groups is 1. The molecule has 0 saturated heterocycles. The highest BCUT2D eigenvalue weighted by molar-refractivity contribution is 7.99. The van der Waals surface area contributed by atoms with Crippen molar-refractivity contribution in [1.82, 2.24) is 10.6 Å². The van der Waals surface area contributed by atoms with Crippen molar-refractivity contribution in [3.05, 3.63) is 71.8 Å². The molecule has 0 saturated carbocycles. The second-order valence-electron chi connectivity index (χ2n) is 7.81. The van der Waals surface area contributed by atoms with Gasteiger partial charge in [-0.05, 0) is 49.6 Å². The van der Waals surface area contributed by atoms with E-state index in [0.717, 1.165) is 23.5 Å². The highest BCUT2D eigenvalue weighted by atomic mass is 32.2. The summed E-state index contributed by atoms with van der Waals surface area (Å²) in [6.07, 6.45) is 1.48. The average Bonchev–Trinajstić information content (AvgIpc) is 2.81. The monoisotopic (exact) mass is 470 g/mol. The highest BCUT2D eigenvalue weighted by Crippen LogP contribution is 2.25. The molecular weight excluding hydrogens is 436 g/mol. The van der Waals surface area contributed by atoms with Crippen LogP contribution in [0.4, 0.5) is 0 Å². The van der Waals surface area contributed by atoms with Crippen LogP contribution < -0.4 is 10.6 Å². The highest BCUT2D eigenvalue weighted by Gasteiger charge is 2.17. The first-order valence-corrected chi connectivity index (χ1v) is 12.6. The van der Waals surface area contributed by atoms with Crippen LogP contribution in [0.25, 0.3) is 0 Å². The summed E-state index contributed by atoms with van der Waals surface area (Å²) in [5.41, 5.74) is 1.73. The largest absolute Gasteiger partial charge is 0.466 e. The zero-order chi connectivity index (χ0) is 23.9. The summed E-state index contributed by atoms with van der Waals surface area (Å²) in [6.45, 7) is 4.60. The summed E-state index contributed by atoms with van der Waals surface area (Å²) in [5.74, 6) is 1.37. The summed E-state index contributed by atoms with van der Waals surface area (Å²) < 4.78 is 5.13. The van der Waals surface area contributed by atoms with E-state index in [2.05, 4.69) is 10.6 Å². The predicted molar refractivity (Wildman–Crippen MR) is 133 cm³/mol. The third-order valence-corrected chi connectivity index (χ3v) is 6.09. The standard InChI is InChI=1S/C26H34N2O4S/c1-3-32-25(30)19-23(21-10-6-4-7-11-21)14-16-33-17-15-27-24(29)18-20(2)28-26(31)22-12-8-5-9-13-22/h4-13,20,23H,3,14-19H2,1-2H3,(H,27,29)(H,28,31). The molecule has 0 spiro atoms. The van der Waals surface area contributed by atoms with Gasteiger partial charge in [-0.1, -0.05) is 48.5 Å². The average molecular weight is 471 g/mol. The molecular formula is C26H34N2O4S. The van der Waals surface area contributed by atoms with E-state index in [1.165, 1.54) is 0 Å². The number of hydrogen-bond acceptors (Lipinski definition) is 5. The molecule has 2 aromatic rings. The van der Waals surface area contributed by atoms with Crippen molar-refractivity contribution in [2.45, 2.75) is 45.1 Å². The molecule has 2 unspecified atom stereocenters. The van der Waals surface area contributed by atoms with Gasteiger partial charge in [0, 0.05) is 30.3 Å². The molecule has 0 aliphatic heterocycles. The molecule has 0 fully saturated rings. The Balaban J connectivity index is 1.64. The van der Waals surface area contributed by atoms with Crippen LogP contribution in [0.3, 0.4) is 0 Å². The first-order chi connectivity index (χ1) is 16.0. The van der Waals surface area contributed by atoms with Crippen molar-refractivity contribution in [2.24, 2.45) is 0 Å². The number of hydrogen-bond donors (Lipinski definition) is 2. The molecule has 2 rings (SSSR count). The topological polar surface area (TPSA) is 84.5 Å². The van der Waals surface area contributed by atoms with Gasteiger partial charge in [-0.25, -0.2) is 0 Å². The van der Waals surface area contributed by atoms with Crippen molar-refractivity contribution >= 4 is 29.5 Å². The Hall–Kier alpha value is -2.80. The van der Waals surface area contributed by atoms with Gasteiger partial charge in [0.05, 0.1) is 13.0 Å². The van der Waals surface area contributed by atoms with E-state index in [-0.39, 0.29) is 36.2 Å². The molecule has 2 N–H and O–H groups in total. The van der Waals surface area contributed by atoms with E-state index < -0.39 is 0 Å². The molecule has 0 bridgehead atoms. The number of nitrogens with one attached hydrogen (secondary N) is 2. The number of esters is 1. The van der Waals surface area contributed by atoms with E-state index in [0.29, 0.717) is 25.1 Å². The number of ether oxygens (including phenoxy) is 1. The maximum Gasteiger partial charge on any atom is 0.306 e. The molecule has 0 aliphatic carbocycles. The summed E-state index contributed by atoms with van der Waals surface area (Å²) >= 11 is 1.75. The van der Waals surface area contributed by atoms with Crippen molar-refractivity contribution in [1.29, 1.82) is 0 Å². The van der Waals surface area contributed by atoms with E-state index >= 15 is 0 Å². The van der Waals surface area contributed by atoms with Crippen molar-refractivity contribution in [3.8, 4) is 0 Å². The Bertz CT molecular complexity index is 861. The maximum absolute atomic E-state index is 12.2. The Morgan fingerprint density at radius 1 is 0.939 bits per heavy atom. The number of rotatable bonds is 14. The molecule has 6 nitrogen and oxygen atoms in total. The minimum Gasteiger partial charge on any atom is -0.466 e. The van der Waals surface area contributed by atoms with Gasteiger partial charge in [0.1, 0.15) is 0 Å². The Kier molecular flexibility index (Phi) is 12.1. The molecule has 0 aromatic heterocycles. The van der Waals surface area contributed by atoms with Crippen LogP contribution in [-0.4, -0.2) is 48.5 Å². The smallest absolute Gasteiger partial charge is 0.306 e. The number of benzene rings is 2. The van der Waals surface area contributed by atoms with Gasteiger partial charge in [0.25, 0.3) is 5.91 Å². The van der Waals surface area contributed by atoms with Gasteiger partial charge >= 0.3 is 5.97 Å². The fourth-order valence-corrected chi connectivity index (χ4v) is 4.32. The van der Waals surface area contributed by atoms with Crippen LogP contribution in [0, 0.1) is 0 Å². The molecule has 33 heavy (non-hydrogen) atoms. The predicted octanol–water partition coefficient (Wildman–Crippen LogP) is 4.17. The van der Waals surface area contributed by atoms with E-state index in [4.69, 9.17) is 4.74 Å². The van der Waals surface area contributed by atoms with Gasteiger partial charge < -0.3 is 15.4 Å². The lowest BCUT2D eigenvalue weighted by atomic mass is 9.93. The normalized spacial score (nSPS) is 12.4. The van der Waals surface area contributed by atoms with Crippen molar-refractivity contribution in [3.63, 3.8) is 0 Å². The summed E-state index contributed by atoms with van der Waals surface area (Å²) in [5, 5.41) is 5.76. The summed E-state index contributed by atoms with van der Waals surface area (Å²) in [6, 6.07) is 18.7. The van der Waals surface area contributed by atoms with Crippen LogP contribution in [0.15, 0.2) is 60.7 Å². The fraction of sp³-hybridized carbons (Fsp3) is 0.423. The lowest BCUT2D eigenvalue weighted by Crippen LogP contribution is -2.37. The summed E-state index contributed by atoms with van der Waals surface area (Å²) in [7, 11) is 0. The number of carbonyl (C=O) groups is 3. The van der Waals surface area contributed by atoms with Crippen LogP contribution >= 0.6 is 11.8 Å². The van der Waals surface area contributed by atoms with E-state index in [9.17, 15) is 14.4 Å². The second-order valence-corrected chi connectivity index (χ2v) is 9.04. The van der Waals surface area contributed by atoms with Crippen LogP contribution in [0.5, 0.6) is 0 Å². The zero-order valence-corrected chi connectivity index (χ0v) is 20.2. The quantitative estimate of drug-likeness (QED) is 0.320. The molecule has 0 aliphatic rings. The third kappa shape index (κ3) is 10.6. The minimum atomic E-state index is -0.250. The molecule has 178 valence electrons. The van der Waals surface area contributed by atoms with Gasteiger partial charge in [0.15, 0.2) is 0 Å². The lowest BCUT2D eigenvalue weighted by molar-refractivity contribution is -0.143. The maximum atomic E-state index is 12.2. The fourth-order valence-electron chi connectivity index (χ4n) is 3.42. The van der Waals surface area contributed by atoms with Gasteiger partial charge in [0.2, 0.25) is 5.91 Å². The van der Waals surface area contributed by atoms with Crippen LogP contribution in [0.2, 0.25) is 0 Å². The van der Waals surface area contributed by atoms with Gasteiger partial charge in [-0.3, -0.25) is 14.4 Å². The zero-order valence-electron chi connectivity index (χ0n) is 19.4. The molecule has 2 amide bonds. The van der Waals surface area contributed by atoms with Crippen LogP contribution in [-0.2, 0) is 14.3 Å². The van der Waals surface area contributed by atoms with Crippen molar-refractivity contribution < 1.29 is 19.1 Å². The van der Waals surface area contributed by atoms with Gasteiger partial charge in [-0.2, -0.15) is 11.8 Å². The van der Waals surface area contributed by atoms with Crippen LogP contribution in [0.1, 0.15) is 54.9 Å². The van der Waals surface area contributed by atoms with Gasteiger partial charge in [-0.15, -0.1) is 0 Å². The molecule has 2 atom stereocenters. The van der Waals surface area contributed by atoms with E-state index in [1.807, 2.05) is 62.4 Å². The summed E-state index contributed by atoms with van der Waals surface area (Å²) in [4.78, 5) is 36.3. The second kappa shape index (κ2) is 15.1. The Morgan fingerprint density at radius 2 is 1.61 bits per heavy atom. The van der Waals surface area contributed by atoms with E-state index in [1.54, 1.807) is 23.9 Å². The molecule has 2 aromatic carbocycles. The number of carbonyl (C=O) groups excluding carboxylic acids is 3.